The van der Waals surface area contributed by atoms with E-state index in [1.54, 1.807) is 14.2 Å². The van der Waals surface area contributed by atoms with Gasteiger partial charge < -0.3 is 14.6 Å². The van der Waals surface area contributed by atoms with Crippen molar-refractivity contribution in [1.29, 1.82) is 0 Å². The van der Waals surface area contributed by atoms with Crippen LogP contribution in [0.5, 0.6) is 11.5 Å². The number of rotatable bonds is 3. The lowest BCUT2D eigenvalue weighted by Gasteiger charge is -2.16. The van der Waals surface area contributed by atoms with E-state index in [2.05, 4.69) is 0 Å². The van der Waals surface area contributed by atoms with E-state index >= 15 is 0 Å². The smallest absolute Gasteiger partial charge is 0.132 e. The summed E-state index contributed by atoms with van der Waals surface area (Å²) < 4.78 is 10.9. The van der Waals surface area contributed by atoms with Crippen molar-refractivity contribution in [3.05, 3.63) is 35.9 Å². The lowest BCUT2D eigenvalue weighted by Crippen LogP contribution is -2.07. The Balaban J connectivity index is 2.30. The lowest BCUT2D eigenvalue weighted by molar-refractivity contribution is 0.148. The van der Waals surface area contributed by atoms with E-state index in [-0.39, 0.29) is 0 Å². The van der Waals surface area contributed by atoms with E-state index in [9.17, 15) is 5.11 Å². The fraction of sp³-hybridized carbons (Fsp3) is 0.333. The Labute approximate surface area is 106 Å². The largest absolute Gasteiger partial charge is 0.496 e. The van der Waals surface area contributed by atoms with Gasteiger partial charge in [0.2, 0.25) is 0 Å². The molecule has 94 valence electrons. The van der Waals surface area contributed by atoms with Crippen molar-refractivity contribution in [2.75, 3.05) is 14.2 Å². The zero-order valence-corrected chi connectivity index (χ0v) is 10.6. The molecule has 0 heterocycles. The standard InChI is InChI=1S/C15H16O3/c1-17-13-5-3-4-11-10(13)6-7-12(14(11)18-2)15(16)8-9-15/h3-7,16H,8-9H2,1-2H3. The van der Waals surface area contributed by atoms with Crippen molar-refractivity contribution in [2.45, 2.75) is 18.4 Å². The lowest BCUT2D eigenvalue weighted by atomic mass is 10.00. The molecular weight excluding hydrogens is 228 g/mol. The van der Waals surface area contributed by atoms with Gasteiger partial charge in [0, 0.05) is 16.3 Å². The number of benzene rings is 2. The van der Waals surface area contributed by atoms with E-state index in [0.29, 0.717) is 0 Å². The van der Waals surface area contributed by atoms with Crippen LogP contribution in [0.1, 0.15) is 18.4 Å². The number of hydrogen-bond acceptors (Lipinski definition) is 3. The number of methoxy groups -OCH3 is 2. The second-order valence-corrected chi connectivity index (χ2v) is 4.73. The molecule has 1 N–H and O–H groups in total. The maximum atomic E-state index is 10.3. The number of ether oxygens (including phenoxy) is 2. The normalized spacial score (nSPS) is 16.6. The van der Waals surface area contributed by atoms with Crippen LogP contribution < -0.4 is 9.47 Å². The molecule has 0 aliphatic heterocycles. The van der Waals surface area contributed by atoms with Crippen LogP contribution in [0.15, 0.2) is 30.3 Å². The first kappa shape index (κ1) is 11.4. The third kappa shape index (κ3) is 1.55. The molecule has 3 heteroatoms. The fourth-order valence-electron chi connectivity index (χ4n) is 2.45. The highest BCUT2D eigenvalue weighted by Gasteiger charge is 2.44. The fourth-order valence-corrected chi connectivity index (χ4v) is 2.45. The molecule has 2 aromatic carbocycles. The third-order valence-electron chi connectivity index (χ3n) is 3.62. The topological polar surface area (TPSA) is 38.7 Å². The molecule has 3 nitrogen and oxygen atoms in total. The van der Waals surface area contributed by atoms with Gasteiger partial charge in [-0.25, -0.2) is 0 Å². The van der Waals surface area contributed by atoms with Gasteiger partial charge in [-0.3, -0.25) is 0 Å². The van der Waals surface area contributed by atoms with Gasteiger partial charge in [-0.2, -0.15) is 0 Å². The SMILES string of the molecule is COc1cccc2c(OC)c(C3(O)CC3)ccc12. The first-order valence-electron chi connectivity index (χ1n) is 6.06. The van der Waals surface area contributed by atoms with Gasteiger partial charge in [0.05, 0.1) is 19.8 Å². The summed E-state index contributed by atoms with van der Waals surface area (Å²) in [5, 5.41) is 12.3. The first-order valence-corrected chi connectivity index (χ1v) is 6.06. The van der Waals surface area contributed by atoms with Crippen LogP contribution in [-0.4, -0.2) is 19.3 Å². The Morgan fingerprint density at radius 2 is 1.78 bits per heavy atom. The molecule has 0 amide bonds. The molecule has 0 atom stereocenters. The van der Waals surface area contributed by atoms with Crippen LogP contribution >= 0.6 is 0 Å². The molecule has 0 aromatic heterocycles. The van der Waals surface area contributed by atoms with Gasteiger partial charge in [-0.1, -0.05) is 18.2 Å². The summed E-state index contributed by atoms with van der Waals surface area (Å²) >= 11 is 0. The number of hydrogen-bond donors (Lipinski definition) is 1. The van der Waals surface area contributed by atoms with Gasteiger partial charge in [0.25, 0.3) is 0 Å². The molecular formula is C15H16O3. The summed E-state index contributed by atoms with van der Waals surface area (Å²) in [6.45, 7) is 0. The van der Waals surface area contributed by atoms with E-state index in [0.717, 1.165) is 40.7 Å². The van der Waals surface area contributed by atoms with Crippen molar-refractivity contribution in [3.8, 4) is 11.5 Å². The second kappa shape index (κ2) is 3.89. The number of aliphatic hydroxyl groups is 1. The molecule has 2 aromatic rings. The summed E-state index contributed by atoms with van der Waals surface area (Å²) in [5.74, 6) is 1.58. The highest BCUT2D eigenvalue weighted by Crippen LogP contribution is 2.50. The minimum atomic E-state index is -0.692. The minimum absolute atomic E-state index is 0.692. The molecule has 0 spiro atoms. The molecule has 0 saturated heterocycles. The predicted molar refractivity (Wildman–Crippen MR) is 70.2 cm³/mol. The summed E-state index contributed by atoms with van der Waals surface area (Å²) in [6, 6.07) is 9.78. The Bertz CT molecular complexity index is 600. The molecule has 1 aliphatic carbocycles. The van der Waals surface area contributed by atoms with Crippen LogP contribution in [0.4, 0.5) is 0 Å². The van der Waals surface area contributed by atoms with Crippen molar-refractivity contribution >= 4 is 10.8 Å². The maximum Gasteiger partial charge on any atom is 0.132 e. The Morgan fingerprint density at radius 3 is 2.39 bits per heavy atom. The van der Waals surface area contributed by atoms with E-state index < -0.39 is 5.60 Å². The van der Waals surface area contributed by atoms with Crippen LogP contribution in [0, 0.1) is 0 Å². The Hall–Kier alpha value is -1.74. The van der Waals surface area contributed by atoms with Crippen molar-refractivity contribution in [2.24, 2.45) is 0 Å². The first-order chi connectivity index (χ1) is 8.69. The third-order valence-corrected chi connectivity index (χ3v) is 3.62. The average molecular weight is 244 g/mol. The molecule has 0 radical (unpaired) electrons. The summed E-state index contributed by atoms with van der Waals surface area (Å²) in [6.07, 6.45) is 1.61. The van der Waals surface area contributed by atoms with E-state index in [1.807, 2.05) is 30.3 Å². The molecule has 1 fully saturated rings. The summed E-state index contributed by atoms with van der Waals surface area (Å²) in [4.78, 5) is 0. The summed E-state index contributed by atoms with van der Waals surface area (Å²) in [7, 11) is 3.30. The number of fused-ring (bicyclic) bond motifs is 1. The molecule has 1 aliphatic rings. The van der Waals surface area contributed by atoms with Crippen molar-refractivity contribution in [1.82, 2.24) is 0 Å². The van der Waals surface area contributed by atoms with Gasteiger partial charge in [0.15, 0.2) is 0 Å². The zero-order valence-electron chi connectivity index (χ0n) is 10.6. The molecule has 0 bridgehead atoms. The quantitative estimate of drug-likeness (QED) is 0.902. The molecule has 1 saturated carbocycles. The molecule has 18 heavy (non-hydrogen) atoms. The van der Waals surface area contributed by atoms with Gasteiger partial charge in [-0.05, 0) is 25.0 Å². The van der Waals surface area contributed by atoms with Crippen LogP contribution in [0.25, 0.3) is 10.8 Å². The van der Waals surface area contributed by atoms with E-state index in [1.165, 1.54) is 0 Å². The highest BCUT2D eigenvalue weighted by atomic mass is 16.5. The zero-order chi connectivity index (χ0) is 12.8. The van der Waals surface area contributed by atoms with Crippen LogP contribution in [-0.2, 0) is 5.60 Å². The van der Waals surface area contributed by atoms with E-state index in [4.69, 9.17) is 9.47 Å². The summed E-state index contributed by atoms with van der Waals surface area (Å²) in [5.41, 5.74) is 0.188. The van der Waals surface area contributed by atoms with Gasteiger partial charge >= 0.3 is 0 Å². The molecule has 3 rings (SSSR count). The minimum Gasteiger partial charge on any atom is -0.496 e. The average Bonchev–Trinajstić information content (AvgIpc) is 3.15. The predicted octanol–water partition coefficient (Wildman–Crippen LogP) is 2.84. The van der Waals surface area contributed by atoms with Crippen molar-refractivity contribution in [3.63, 3.8) is 0 Å². The van der Waals surface area contributed by atoms with Gasteiger partial charge in [0.1, 0.15) is 11.5 Å². The Kier molecular flexibility index (Phi) is 2.45. The monoisotopic (exact) mass is 244 g/mol. The van der Waals surface area contributed by atoms with Crippen LogP contribution in [0.3, 0.4) is 0 Å². The van der Waals surface area contributed by atoms with Crippen LogP contribution in [0.2, 0.25) is 0 Å². The molecule has 0 unspecified atom stereocenters. The van der Waals surface area contributed by atoms with Gasteiger partial charge in [-0.15, -0.1) is 0 Å². The second-order valence-electron chi connectivity index (χ2n) is 4.73. The highest BCUT2D eigenvalue weighted by molar-refractivity contribution is 5.94. The van der Waals surface area contributed by atoms with Crippen molar-refractivity contribution < 1.29 is 14.6 Å². The Morgan fingerprint density at radius 1 is 1.00 bits per heavy atom. The maximum absolute atomic E-state index is 10.3.